The van der Waals surface area contributed by atoms with E-state index in [0.29, 0.717) is 16.4 Å². The zero-order chi connectivity index (χ0) is 14.4. The zero-order valence-electron chi connectivity index (χ0n) is 11.2. The van der Waals surface area contributed by atoms with Crippen molar-refractivity contribution in [2.45, 2.75) is 24.1 Å². The maximum atomic E-state index is 12.2. The van der Waals surface area contributed by atoms with Crippen molar-refractivity contribution in [3.63, 3.8) is 0 Å². The van der Waals surface area contributed by atoms with Gasteiger partial charge in [0, 0.05) is 23.8 Å². The third kappa shape index (κ3) is 4.03. The van der Waals surface area contributed by atoms with Crippen LogP contribution in [0.2, 0.25) is 0 Å². The summed E-state index contributed by atoms with van der Waals surface area (Å²) in [7, 11) is -3.51. The van der Waals surface area contributed by atoms with Crippen LogP contribution in [0, 0.1) is 0 Å². The molecule has 108 valence electrons. The molecule has 0 aliphatic carbocycles. The molecule has 20 heavy (non-hydrogen) atoms. The molecule has 0 aliphatic heterocycles. The van der Waals surface area contributed by atoms with Crippen LogP contribution in [0.5, 0.6) is 0 Å². The van der Waals surface area contributed by atoms with Crippen LogP contribution in [-0.2, 0) is 16.6 Å². The molecule has 0 amide bonds. The van der Waals surface area contributed by atoms with Crippen molar-refractivity contribution in [1.82, 2.24) is 10.3 Å². The molecule has 5 nitrogen and oxygen atoms in total. The van der Waals surface area contributed by atoms with Crippen LogP contribution in [-0.4, -0.2) is 19.9 Å². The van der Waals surface area contributed by atoms with Crippen LogP contribution in [0.25, 0.3) is 0 Å². The van der Waals surface area contributed by atoms with Crippen molar-refractivity contribution < 1.29 is 8.42 Å². The first kappa shape index (κ1) is 15.0. The van der Waals surface area contributed by atoms with E-state index in [1.807, 2.05) is 6.07 Å². The molecule has 0 saturated heterocycles. The van der Waals surface area contributed by atoms with Crippen LogP contribution in [0.15, 0.2) is 40.9 Å². The van der Waals surface area contributed by atoms with Gasteiger partial charge in [-0.3, -0.25) is 9.71 Å². The number of aromatic nitrogens is 1. The minimum Gasteiger partial charge on any atom is -0.312 e. The van der Waals surface area contributed by atoms with Gasteiger partial charge in [-0.05, 0) is 37.2 Å². The van der Waals surface area contributed by atoms with Crippen LogP contribution >= 0.6 is 11.3 Å². The highest BCUT2D eigenvalue weighted by Crippen LogP contribution is 2.23. The molecule has 0 aliphatic rings. The molecule has 2 rings (SSSR count). The lowest BCUT2D eigenvalue weighted by molar-refractivity contribution is 0.603. The molecule has 2 aromatic rings. The molecule has 0 fully saturated rings. The second-order valence-electron chi connectivity index (χ2n) is 4.24. The number of hydrogen-bond donors (Lipinski definition) is 2. The summed E-state index contributed by atoms with van der Waals surface area (Å²) < 4.78 is 27.3. The summed E-state index contributed by atoms with van der Waals surface area (Å²) in [5, 5.41) is 3.25. The van der Waals surface area contributed by atoms with Gasteiger partial charge in [0.05, 0.1) is 5.69 Å². The summed E-state index contributed by atoms with van der Waals surface area (Å²) in [6.07, 6.45) is 4.15. The van der Waals surface area contributed by atoms with Gasteiger partial charge in [0.1, 0.15) is 4.21 Å². The molecule has 2 aromatic heterocycles. The fraction of sp³-hybridized carbons (Fsp3) is 0.308. The molecular formula is C13H17N3O2S2. The van der Waals surface area contributed by atoms with Gasteiger partial charge in [-0.2, -0.15) is 0 Å². The van der Waals surface area contributed by atoms with E-state index in [-0.39, 0.29) is 0 Å². The predicted molar refractivity (Wildman–Crippen MR) is 81.4 cm³/mol. The Bertz CT molecular complexity index is 639. The fourth-order valence-corrected chi connectivity index (χ4v) is 4.00. The third-order valence-electron chi connectivity index (χ3n) is 2.56. The SMILES string of the molecule is CCCNCc1ccc(S(=O)(=O)Nc2ccncc2)s1. The van der Waals surface area contributed by atoms with Gasteiger partial charge in [0.2, 0.25) is 0 Å². The van der Waals surface area contributed by atoms with E-state index < -0.39 is 10.0 Å². The first-order valence-corrected chi connectivity index (χ1v) is 8.64. The number of rotatable bonds is 7. The molecule has 2 heterocycles. The molecule has 0 saturated carbocycles. The summed E-state index contributed by atoms with van der Waals surface area (Å²) in [4.78, 5) is 4.86. The summed E-state index contributed by atoms with van der Waals surface area (Å²) in [5.41, 5.74) is 0.513. The number of sulfonamides is 1. The Hall–Kier alpha value is -1.44. The van der Waals surface area contributed by atoms with Crippen LogP contribution in [0.4, 0.5) is 5.69 Å². The van der Waals surface area contributed by atoms with Crippen LogP contribution in [0.3, 0.4) is 0 Å². The van der Waals surface area contributed by atoms with Gasteiger partial charge in [0.15, 0.2) is 0 Å². The Kier molecular flexibility index (Phi) is 5.11. The Morgan fingerprint density at radius 3 is 2.65 bits per heavy atom. The molecular weight excluding hydrogens is 294 g/mol. The smallest absolute Gasteiger partial charge is 0.271 e. The molecule has 0 aromatic carbocycles. The van der Waals surface area contributed by atoms with E-state index in [1.54, 1.807) is 30.6 Å². The van der Waals surface area contributed by atoms with E-state index in [0.717, 1.165) is 17.8 Å². The second-order valence-corrected chi connectivity index (χ2v) is 7.32. The third-order valence-corrected chi connectivity index (χ3v) is 5.52. The van der Waals surface area contributed by atoms with E-state index in [9.17, 15) is 8.42 Å². The largest absolute Gasteiger partial charge is 0.312 e. The number of pyridine rings is 1. The van der Waals surface area contributed by atoms with Crippen molar-refractivity contribution in [3.05, 3.63) is 41.5 Å². The highest BCUT2D eigenvalue weighted by Gasteiger charge is 2.16. The average Bonchev–Trinajstić information content (AvgIpc) is 2.89. The summed E-state index contributed by atoms with van der Waals surface area (Å²) in [5.74, 6) is 0. The van der Waals surface area contributed by atoms with E-state index in [1.165, 1.54) is 11.3 Å². The van der Waals surface area contributed by atoms with Crippen molar-refractivity contribution in [3.8, 4) is 0 Å². The highest BCUT2D eigenvalue weighted by atomic mass is 32.2. The van der Waals surface area contributed by atoms with E-state index >= 15 is 0 Å². The molecule has 0 radical (unpaired) electrons. The number of anilines is 1. The summed E-state index contributed by atoms with van der Waals surface area (Å²) >= 11 is 1.28. The second kappa shape index (κ2) is 6.83. The lowest BCUT2D eigenvalue weighted by Gasteiger charge is -2.05. The molecule has 0 spiro atoms. The first-order chi connectivity index (χ1) is 9.62. The minimum absolute atomic E-state index is 0.322. The van der Waals surface area contributed by atoms with E-state index in [2.05, 4.69) is 21.9 Å². The van der Waals surface area contributed by atoms with Crippen LogP contribution in [0.1, 0.15) is 18.2 Å². The number of thiophene rings is 1. The predicted octanol–water partition coefficient (Wildman–Crippen LogP) is 2.44. The molecule has 0 atom stereocenters. The molecule has 0 unspecified atom stereocenters. The Labute approximate surface area is 123 Å². The van der Waals surface area contributed by atoms with Gasteiger partial charge in [-0.25, -0.2) is 8.42 Å². The Morgan fingerprint density at radius 2 is 1.95 bits per heavy atom. The van der Waals surface area contributed by atoms with Gasteiger partial charge in [-0.15, -0.1) is 11.3 Å². The normalized spacial score (nSPS) is 11.4. The Balaban J connectivity index is 2.06. The number of nitrogens with one attached hydrogen (secondary N) is 2. The van der Waals surface area contributed by atoms with Gasteiger partial charge in [-0.1, -0.05) is 6.92 Å². The average molecular weight is 311 g/mol. The minimum atomic E-state index is -3.51. The van der Waals surface area contributed by atoms with Crippen molar-refractivity contribution >= 4 is 27.0 Å². The maximum Gasteiger partial charge on any atom is 0.271 e. The fourth-order valence-electron chi connectivity index (χ4n) is 1.61. The van der Waals surface area contributed by atoms with Gasteiger partial charge in [0.25, 0.3) is 10.0 Å². The number of hydrogen-bond acceptors (Lipinski definition) is 5. The molecule has 7 heteroatoms. The summed E-state index contributed by atoms with van der Waals surface area (Å²) in [6, 6.07) is 6.72. The van der Waals surface area contributed by atoms with E-state index in [4.69, 9.17) is 0 Å². The standard InChI is InChI=1S/C13H17N3O2S2/c1-2-7-15-10-12-3-4-13(19-12)20(17,18)16-11-5-8-14-9-6-11/h3-6,8-9,15H,2,7,10H2,1H3,(H,14,16). The Morgan fingerprint density at radius 1 is 1.20 bits per heavy atom. The monoisotopic (exact) mass is 311 g/mol. The highest BCUT2D eigenvalue weighted by molar-refractivity contribution is 7.94. The molecule has 0 bridgehead atoms. The topological polar surface area (TPSA) is 71.1 Å². The zero-order valence-corrected chi connectivity index (χ0v) is 12.8. The molecule has 2 N–H and O–H groups in total. The van der Waals surface area contributed by atoms with Gasteiger partial charge >= 0.3 is 0 Å². The van der Waals surface area contributed by atoms with Crippen molar-refractivity contribution in [2.75, 3.05) is 11.3 Å². The van der Waals surface area contributed by atoms with Crippen molar-refractivity contribution in [2.24, 2.45) is 0 Å². The number of nitrogens with zero attached hydrogens (tertiary/aromatic N) is 1. The maximum absolute atomic E-state index is 12.2. The quantitative estimate of drug-likeness (QED) is 0.771. The lowest BCUT2D eigenvalue weighted by atomic mass is 10.4. The first-order valence-electron chi connectivity index (χ1n) is 6.34. The van der Waals surface area contributed by atoms with Crippen molar-refractivity contribution in [1.29, 1.82) is 0 Å². The van der Waals surface area contributed by atoms with Crippen LogP contribution < -0.4 is 10.0 Å². The van der Waals surface area contributed by atoms with Gasteiger partial charge < -0.3 is 5.32 Å². The summed E-state index contributed by atoms with van der Waals surface area (Å²) in [6.45, 7) is 3.72. The lowest BCUT2D eigenvalue weighted by Crippen LogP contribution is -2.13.